The Balaban J connectivity index is 2.00. The first-order valence-electron chi connectivity index (χ1n) is 8.34. The summed E-state index contributed by atoms with van der Waals surface area (Å²) < 4.78 is 24.7. The number of thiazole rings is 2. The van der Waals surface area contributed by atoms with E-state index in [9.17, 15) is 13.2 Å². The monoisotopic (exact) mass is 447 g/mol. The lowest BCUT2D eigenvalue weighted by molar-refractivity contribution is 0.0977. The Kier molecular flexibility index (Phi) is 5.97. The summed E-state index contributed by atoms with van der Waals surface area (Å²) in [6.45, 7) is 4.04. The van der Waals surface area contributed by atoms with Gasteiger partial charge in [-0.15, -0.1) is 22.7 Å². The van der Waals surface area contributed by atoms with E-state index < -0.39 is 15.9 Å². The van der Waals surface area contributed by atoms with Crippen LogP contribution in [0.25, 0.3) is 0 Å². The smallest absolute Gasteiger partial charge is 0.284 e. The second-order valence-electron chi connectivity index (χ2n) is 6.21. The molecule has 29 heavy (non-hydrogen) atoms. The van der Waals surface area contributed by atoms with Crippen LogP contribution in [0.15, 0.2) is 29.6 Å². The minimum atomic E-state index is -3.69. The highest BCUT2D eigenvalue weighted by Crippen LogP contribution is 2.33. The Labute approximate surface area is 176 Å². The van der Waals surface area contributed by atoms with Gasteiger partial charge in [-0.2, -0.15) is 5.26 Å². The van der Waals surface area contributed by atoms with Crippen molar-refractivity contribution in [2.24, 2.45) is 0 Å². The van der Waals surface area contributed by atoms with Crippen molar-refractivity contribution in [2.45, 2.75) is 20.4 Å². The van der Waals surface area contributed by atoms with Gasteiger partial charge in [0.15, 0.2) is 5.13 Å². The predicted octanol–water partition coefficient (Wildman–Crippen LogP) is 3.12. The number of amides is 1. The molecule has 8 nitrogen and oxygen atoms in total. The van der Waals surface area contributed by atoms with Crippen molar-refractivity contribution in [1.29, 1.82) is 5.26 Å². The second kappa shape index (κ2) is 8.28. The van der Waals surface area contributed by atoms with Crippen molar-refractivity contribution in [2.75, 3.05) is 11.2 Å². The molecule has 0 atom stereocenters. The van der Waals surface area contributed by atoms with Crippen LogP contribution in [0.2, 0.25) is 0 Å². The number of aryl methyl sites for hydroxylation is 2. The molecule has 1 aromatic carbocycles. The SMILES string of the molecule is Cc1nc(CN(c2ccc(C#N)cc2)c2nc(C(=O)NS(C)(=O)=O)c(C)s2)cs1. The summed E-state index contributed by atoms with van der Waals surface area (Å²) in [5, 5.41) is 12.4. The molecular weight excluding hydrogens is 430 g/mol. The zero-order valence-corrected chi connectivity index (χ0v) is 18.3. The molecule has 0 aliphatic heterocycles. The number of hydrogen-bond donors (Lipinski definition) is 1. The molecule has 0 bridgehead atoms. The minimum absolute atomic E-state index is 0.0588. The van der Waals surface area contributed by atoms with Gasteiger partial charge in [0.25, 0.3) is 5.91 Å². The van der Waals surface area contributed by atoms with E-state index in [0.29, 0.717) is 22.1 Å². The molecule has 3 aromatic rings. The number of rotatable bonds is 6. The summed E-state index contributed by atoms with van der Waals surface area (Å²) in [7, 11) is -3.69. The zero-order valence-electron chi connectivity index (χ0n) is 15.8. The van der Waals surface area contributed by atoms with Crippen LogP contribution in [0.1, 0.15) is 31.6 Å². The molecule has 2 heterocycles. The maximum Gasteiger partial charge on any atom is 0.284 e. The third kappa shape index (κ3) is 5.17. The number of sulfonamides is 1. The van der Waals surface area contributed by atoms with Gasteiger partial charge < -0.3 is 4.90 Å². The van der Waals surface area contributed by atoms with E-state index in [1.54, 1.807) is 31.2 Å². The summed E-state index contributed by atoms with van der Waals surface area (Å²) in [5.74, 6) is -0.767. The van der Waals surface area contributed by atoms with Gasteiger partial charge in [0.1, 0.15) is 5.69 Å². The Morgan fingerprint density at radius 2 is 1.93 bits per heavy atom. The molecule has 2 aromatic heterocycles. The van der Waals surface area contributed by atoms with Gasteiger partial charge in [-0.25, -0.2) is 23.1 Å². The van der Waals surface area contributed by atoms with E-state index in [-0.39, 0.29) is 5.69 Å². The van der Waals surface area contributed by atoms with Gasteiger partial charge in [0.05, 0.1) is 35.1 Å². The largest absolute Gasteiger partial charge is 0.312 e. The molecule has 0 saturated heterocycles. The lowest BCUT2D eigenvalue weighted by atomic mass is 10.2. The molecule has 0 radical (unpaired) electrons. The van der Waals surface area contributed by atoms with Crippen molar-refractivity contribution in [3.63, 3.8) is 0 Å². The normalized spacial score (nSPS) is 11.1. The van der Waals surface area contributed by atoms with Crippen LogP contribution < -0.4 is 9.62 Å². The van der Waals surface area contributed by atoms with Crippen LogP contribution in [0, 0.1) is 25.2 Å². The van der Waals surface area contributed by atoms with E-state index >= 15 is 0 Å². The van der Waals surface area contributed by atoms with E-state index in [1.165, 1.54) is 22.7 Å². The number of hydrogen-bond acceptors (Lipinski definition) is 9. The average molecular weight is 448 g/mol. The summed E-state index contributed by atoms with van der Waals surface area (Å²) in [6.07, 6.45) is 0.918. The number of nitriles is 1. The summed E-state index contributed by atoms with van der Waals surface area (Å²) >= 11 is 2.81. The van der Waals surface area contributed by atoms with Gasteiger partial charge in [-0.1, -0.05) is 0 Å². The fourth-order valence-electron chi connectivity index (χ4n) is 2.55. The number of aromatic nitrogens is 2. The molecule has 1 amide bonds. The standard InChI is InChI=1S/C18H17N5O3S3/c1-11-16(17(24)22-29(3,25)26)21-18(28-11)23(9-14-10-27-12(2)20-14)15-6-4-13(8-19)5-7-15/h4-7,10H,9H2,1-3H3,(H,22,24). The Morgan fingerprint density at radius 3 is 2.48 bits per heavy atom. The van der Waals surface area contributed by atoms with E-state index in [0.717, 1.165) is 22.6 Å². The van der Waals surface area contributed by atoms with Crippen molar-refractivity contribution in [3.05, 3.63) is 56.5 Å². The number of carbonyl (C=O) groups is 1. The molecule has 0 aliphatic carbocycles. The maximum atomic E-state index is 12.3. The van der Waals surface area contributed by atoms with Crippen molar-refractivity contribution in [1.82, 2.24) is 14.7 Å². The molecule has 0 spiro atoms. The second-order valence-corrected chi connectivity index (χ2v) is 10.2. The quantitative estimate of drug-likeness (QED) is 0.617. The fraction of sp³-hybridized carbons (Fsp3) is 0.222. The first kappa shape index (κ1) is 20.9. The van der Waals surface area contributed by atoms with Gasteiger partial charge in [-0.3, -0.25) is 4.79 Å². The van der Waals surface area contributed by atoms with Crippen LogP contribution in [0.4, 0.5) is 10.8 Å². The Bertz CT molecular complexity index is 1190. The summed E-state index contributed by atoms with van der Waals surface area (Å²) in [5.41, 5.74) is 2.20. The highest BCUT2D eigenvalue weighted by molar-refractivity contribution is 7.89. The number of nitrogens with zero attached hydrogens (tertiary/aromatic N) is 4. The van der Waals surface area contributed by atoms with E-state index in [2.05, 4.69) is 16.0 Å². The first-order chi connectivity index (χ1) is 13.7. The van der Waals surface area contributed by atoms with Gasteiger partial charge in [0.2, 0.25) is 10.0 Å². The molecule has 1 N–H and O–H groups in total. The predicted molar refractivity (Wildman–Crippen MR) is 113 cm³/mol. The summed E-state index contributed by atoms with van der Waals surface area (Å²) in [4.78, 5) is 23.6. The molecule has 0 aliphatic rings. The maximum absolute atomic E-state index is 12.3. The average Bonchev–Trinajstić information content (AvgIpc) is 3.24. The van der Waals surface area contributed by atoms with Crippen LogP contribution in [0.5, 0.6) is 0 Å². The van der Waals surface area contributed by atoms with Gasteiger partial charge >= 0.3 is 0 Å². The van der Waals surface area contributed by atoms with Crippen molar-refractivity contribution < 1.29 is 13.2 Å². The third-order valence-corrected chi connectivity index (χ3v) is 6.18. The third-order valence-electron chi connectivity index (χ3n) is 3.80. The molecule has 0 unspecified atom stereocenters. The lowest BCUT2D eigenvalue weighted by Crippen LogP contribution is -2.30. The minimum Gasteiger partial charge on any atom is -0.312 e. The van der Waals surface area contributed by atoms with Crippen LogP contribution >= 0.6 is 22.7 Å². The molecular formula is C18H17N5O3S3. The molecule has 11 heteroatoms. The van der Waals surface area contributed by atoms with Gasteiger partial charge in [0, 0.05) is 15.9 Å². The number of anilines is 2. The number of carbonyl (C=O) groups excluding carboxylic acids is 1. The Hall–Kier alpha value is -2.81. The zero-order chi connectivity index (χ0) is 21.2. The molecule has 3 rings (SSSR count). The van der Waals surface area contributed by atoms with E-state index in [1.807, 2.05) is 21.9 Å². The van der Waals surface area contributed by atoms with Crippen molar-refractivity contribution >= 4 is 49.4 Å². The van der Waals surface area contributed by atoms with Crippen molar-refractivity contribution in [3.8, 4) is 6.07 Å². The van der Waals surface area contributed by atoms with Crippen LogP contribution in [-0.2, 0) is 16.6 Å². The lowest BCUT2D eigenvalue weighted by Gasteiger charge is -2.21. The highest BCUT2D eigenvalue weighted by Gasteiger charge is 2.22. The van der Waals surface area contributed by atoms with E-state index in [4.69, 9.17) is 5.26 Å². The fourth-order valence-corrected chi connectivity index (χ4v) is 4.52. The van der Waals surface area contributed by atoms with Crippen LogP contribution in [0.3, 0.4) is 0 Å². The topological polar surface area (TPSA) is 116 Å². The molecule has 0 saturated carbocycles. The Morgan fingerprint density at radius 1 is 1.24 bits per heavy atom. The first-order valence-corrected chi connectivity index (χ1v) is 11.9. The molecule has 150 valence electrons. The highest BCUT2D eigenvalue weighted by atomic mass is 32.2. The van der Waals surface area contributed by atoms with Crippen LogP contribution in [-0.4, -0.2) is 30.5 Å². The number of benzene rings is 1. The summed E-state index contributed by atoms with van der Waals surface area (Å²) in [6, 6.07) is 9.08. The van der Waals surface area contributed by atoms with Gasteiger partial charge in [-0.05, 0) is 38.1 Å². The molecule has 0 fully saturated rings. The number of nitrogens with one attached hydrogen (secondary N) is 1.